The van der Waals surface area contributed by atoms with E-state index in [2.05, 4.69) is 19.9 Å². The summed E-state index contributed by atoms with van der Waals surface area (Å²) in [7, 11) is 1.50. The third-order valence-corrected chi connectivity index (χ3v) is 2.82. The molecule has 0 fully saturated rings. The van der Waals surface area contributed by atoms with Crippen molar-refractivity contribution in [2.24, 2.45) is 0 Å². The molecule has 0 bridgehead atoms. The van der Waals surface area contributed by atoms with Gasteiger partial charge in [-0.15, -0.1) is 11.6 Å². The lowest BCUT2D eigenvalue weighted by molar-refractivity contribution is 0.0524. The third kappa shape index (κ3) is 3.43. The maximum Gasteiger partial charge on any atom is 0.341 e. The number of carbonyl (C=O) groups is 1. The van der Waals surface area contributed by atoms with Crippen LogP contribution in [0.15, 0.2) is 18.6 Å². The average molecular weight is 309 g/mol. The van der Waals surface area contributed by atoms with Crippen molar-refractivity contribution in [2.75, 3.05) is 13.7 Å². The first-order valence-electron chi connectivity index (χ1n) is 6.15. The molecule has 8 heteroatoms. The van der Waals surface area contributed by atoms with E-state index in [1.807, 2.05) is 0 Å². The van der Waals surface area contributed by atoms with Crippen molar-refractivity contribution < 1.29 is 14.3 Å². The highest BCUT2D eigenvalue weighted by atomic mass is 35.5. The Morgan fingerprint density at radius 2 is 2.14 bits per heavy atom. The van der Waals surface area contributed by atoms with Crippen molar-refractivity contribution in [1.29, 1.82) is 0 Å². The van der Waals surface area contributed by atoms with Gasteiger partial charge in [-0.2, -0.15) is 0 Å². The highest BCUT2D eigenvalue weighted by molar-refractivity contribution is 6.17. The zero-order chi connectivity index (χ0) is 15.2. The molecule has 0 atom stereocenters. The fourth-order valence-electron chi connectivity index (χ4n) is 1.60. The second-order valence-electron chi connectivity index (χ2n) is 3.85. The Balaban J connectivity index is 2.40. The van der Waals surface area contributed by atoms with Crippen molar-refractivity contribution in [1.82, 2.24) is 19.9 Å². The molecule has 0 radical (unpaired) electrons. The molecule has 2 rings (SSSR count). The average Bonchev–Trinajstić information content (AvgIpc) is 2.54. The molecule has 0 saturated carbocycles. The molecular formula is C13H13ClN4O3. The monoisotopic (exact) mass is 308 g/mol. The minimum absolute atomic E-state index is 0.0614. The van der Waals surface area contributed by atoms with Gasteiger partial charge in [0, 0.05) is 12.3 Å². The number of methoxy groups -OCH3 is 1. The summed E-state index contributed by atoms with van der Waals surface area (Å²) in [6.07, 6.45) is 2.73. The molecule has 2 aromatic rings. The van der Waals surface area contributed by atoms with E-state index in [1.165, 1.54) is 19.6 Å². The largest absolute Gasteiger partial charge is 0.481 e. The van der Waals surface area contributed by atoms with E-state index >= 15 is 0 Å². The quantitative estimate of drug-likeness (QED) is 0.615. The molecule has 2 heterocycles. The number of alkyl halides is 1. The number of ether oxygens (including phenoxy) is 2. The summed E-state index contributed by atoms with van der Waals surface area (Å²) in [6.45, 7) is 1.99. The van der Waals surface area contributed by atoms with Crippen molar-refractivity contribution in [3.63, 3.8) is 0 Å². The number of hydrogen-bond donors (Lipinski definition) is 0. The minimum atomic E-state index is -0.500. The van der Waals surface area contributed by atoms with Gasteiger partial charge in [-0.1, -0.05) is 0 Å². The molecule has 0 aliphatic carbocycles. The van der Waals surface area contributed by atoms with E-state index in [1.54, 1.807) is 13.0 Å². The van der Waals surface area contributed by atoms with Crippen LogP contribution in [0.2, 0.25) is 0 Å². The molecule has 7 nitrogen and oxygen atoms in total. The van der Waals surface area contributed by atoms with Gasteiger partial charge < -0.3 is 9.47 Å². The summed E-state index contributed by atoms with van der Waals surface area (Å²) in [6, 6.07) is 1.59. The van der Waals surface area contributed by atoms with Crippen molar-refractivity contribution >= 4 is 17.6 Å². The highest BCUT2D eigenvalue weighted by Crippen LogP contribution is 2.18. The van der Waals surface area contributed by atoms with Crippen LogP contribution in [-0.4, -0.2) is 39.6 Å². The predicted octanol–water partition coefficient (Wildman–Crippen LogP) is 1.86. The molecule has 0 aromatic carbocycles. The second kappa shape index (κ2) is 6.94. The van der Waals surface area contributed by atoms with Crippen molar-refractivity contribution in [3.8, 4) is 17.4 Å². The maximum absolute atomic E-state index is 11.8. The molecular weight excluding hydrogens is 296 g/mol. The normalized spacial score (nSPS) is 10.2. The summed E-state index contributed by atoms with van der Waals surface area (Å²) < 4.78 is 9.95. The predicted molar refractivity (Wildman–Crippen MR) is 75.1 cm³/mol. The van der Waals surface area contributed by atoms with E-state index in [0.29, 0.717) is 23.1 Å². The Kier molecular flexibility index (Phi) is 4.99. The summed E-state index contributed by atoms with van der Waals surface area (Å²) in [5, 5.41) is 0. The van der Waals surface area contributed by atoms with Crippen LogP contribution in [0.5, 0.6) is 5.88 Å². The maximum atomic E-state index is 11.8. The smallest absolute Gasteiger partial charge is 0.341 e. The summed E-state index contributed by atoms with van der Waals surface area (Å²) in [4.78, 5) is 28.1. The molecule has 0 saturated heterocycles. The zero-order valence-electron chi connectivity index (χ0n) is 11.5. The first-order valence-corrected chi connectivity index (χ1v) is 6.68. The number of carbonyl (C=O) groups excluding carboxylic acids is 1. The van der Waals surface area contributed by atoms with Crippen LogP contribution >= 0.6 is 11.6 Å². The van der Waals surface area contributed by atoms with Crippen molar-refractivity contribution in [3.05, 3.63) is 29.8 Å². The van der Waals surface area contributed by atoms with Gasteiger partial charge in [0.25, 0.3) is 0 Å². The Labute approximate surface area is 126 Å². The fraction of sp³-hybridized carbons (Fsp3) is 0.308. The summed E-state index contributed by atoms with van der Waals surface area (Å²) in [5.41, 5.74) is 1.11. The van der Waals surface area contributed by atoms with Gasteiger partial charge in [-0.25, -0.2) is 24.7 Å². The first-order chi connectivity index (χ1) is 10.2. The van der Waals surface area contributed by atoms with Crippen LogP contribution in [-0.2, 0) is 10.6 Å². The second-order valence-corrected chi connectivity index (χ2v) is 4.12. The molecule has 2 aromatic heterocycles. The molecule has 0 aliphatic rings. The lowest BCUT2D eigenvalue weighted by Crippen LogP contribution is -2.10. The lowest BCUT2D eigenvalue weighted by Gasteiger charge is -2.07. The standard InChI is InChI=1S/C13H13ClN4O3/c1-3-21-13(19)8-6-15-12(18-10(8)5-14)9-4-11(20-2)17-7-16-9/h4,6-7H,3,5H2,1-2H3. The van der Waals surface area contributed by atoms with Crippen LogP contribution in [0.3, 0.4) is 0 Å². The van der Waals surface area contributed by atoms with E-state index in [-0.39, 0.29) is 18.1 Å². The Bertz CT molecular complexity index is 651. The van der Waals surface area contributed by atoms with Gasteiger partial charge >= 0.3 is 5.97 Å². The van der Waals surface area contributed by atoms with E-state index < -0.39 is 5.97 Å². The number of hydrogen-bond acceptors (Lipinski definition) is 7. The van der Waals surface area contributed by atoms with E-state index in [4.69, 9.17) is 21.1 Å². The number of esters is 1. The minimum Gasteiger partial charge on any atom is -0.481 e. The van der Waals surface area contributed by atoms with Crippen LogP contribution in [0.1, 0.15) is 23.0 Å². The van der Waals surface area contributed by atoms with Crippen molar-refractivity contribution in [2.45, 2.75) is 12.8 Å². The lowest BCUT2D eigenvalue weighted by atomic mass is 10.2. The van der Waals surface area contributed by atoms with E-state index in [0.717, 1.165) is 0 Å². The van der Waals surface area contributed by atoms with Crippen LogP contribution in [0, 0.1) is 0 Å². The molecule has 0 N–H and O–H groups in total. The molecule has 0 amide bonds. The van der Waals surface area contributed by atoms with Gasteiger partial charge in [0.2, 0.25) is 5.88 Å². The van der Waals surface area contributed by atoms with Gasteiger partial charge in [0.1, 0.15) is 17.6 Å². The summed E-state index contributed by atoms with van der Waals surface area (Å²) in [5.74, 6) is 0.288. The molecule has 110 valence electrons. The zero-order valence-corrected chi connectivity index (χ0v) is 12.3. The highest BCUT2D eigenvalue weighted by Gasteiger charge is 2.16. The summed E-state index contributed by atoms with van der Waals surface area (Å²) >= 11 is 5.84. The Morgan fingerprint density at radius 3 is 2.81 bits per heavy atom. The number of aromatic nitrogens is 4. The topological polar surface area (TPSA) is 87.1 Å². The fourth-order valence-corrected chi connectivity index (χ4v) is 1.80. The van der Waals surface area contributed by atoms with Crippen LogP contribution in [0.4, 0.5) is 0 Å². The van der Waals surface area contributed by atoms with E-state index in [9.17, 15) is 4.79 Å². The molecule has 0 unspecified atom stereocenters. The molecule has 21 heavy (non-hydrogen) atoms. The van der Waals surface area contributed by atoms with Gasteiger partial charge in [0.05, 0.1) is 25.3 Å². The molecule has 0 aliphatic heterocycles. The van der Waals surface area contributed by atoms with Crippen LogP contribution < -0.4 is 4.74 Å². The number of rotatable bonds is 5. The van der Waals surface area contributed by atoms with Gasteiger partial charge in [0.15, 0.2) is 5.82 Å². The Hall–Kier alpha value is -2.28. The van der Waals surface area contributed by atoms with Crippen LogP contribution in [0.25, 0.3) is 11.5 Å². The van der Waals surface area contributed by atoms with Gasteiger partial charge in [-0.05, 0) is 6.92 Å². The number of halogens is 1. The SMILES string of the molecule is CCOC(=O)c1cnc(-c2cc(OC)ncn2)nc1CCl. The first kappa shape index (κ1) is 15.1. The third-order valence-electron chi connectivity index (χ3n) is 2.57. The molecule has 0 spiro atoms. The van der Waals surface area contributed by atoms with Gasteiger partial charge in [-0.3, -0.25) is 0 Å². The number of nitrogens with zero attached hydrogens (tertiary/aromatic N) is 4. The Morgan fingerprint density at radius 1 is 1.33 bits per heavy atom.